The molecule has 0 aromatic heterocycles. The maximum absolute atomic E-state index is 11.7. The van der Waals surface area contributed by atoms with E-state index in [-0.39, 0.29) is 28.7 Å². The van der Waals surface area contributed by atoms with Crippen LogP contribution in [-0.2, 0) is 9.84 Å². The first-order valence-corrected chi connectivity index (χ1v) is 7.89. The van der Waals surface area contributed by atoms with Gasteiger partial charge in [-0.25, -0.2) is 8.42 Å². The lowest BCUT2D eigenvalue weighted by Gasteiger charge is -2.13. The lowest BCUT2D eigenvalue weighted by atomic mass is 10.2. The molecule has 1 heterocycles. The maximum atomic E-state index is 11.7. The average molecular weight is 305 g/mol. The molecule has 0 bridgehead atoms. The fraction of sp³-hybridized carbons (Fsp3) is 0.455. The standard InChI is InChI=1S/C11H13ClN2O4S/c12-9-4-1-5-10(14(15)16)11(9)13-7-8-3-2-6-19(8,17)18/h1,4-5,8,13H,2-3,6-7H2. The van der Waals surface area contributed by atoms with Crippen molar-refractivity contribution in [3.05, 3.63) is 33.3 Å². The second-order valence-electron chi connectivity index (χ2n) is 4.40. The van der Waals surface area contributed by atoms with E-state index in [1.165, 1.54) is 18.2 Å². The molecule has 6 nitrogen and oxygen atoms in total. The number of nitro groups is 1. The van der Waals surface area contributed by atoms with Gasteiger partial charge in [0.25, 0.3) is 5.69 Å². The van der Waals surface area contributed by atoms with Crippen molar-refractivity contribution in [2.24, 2.45) is 0 Å². The quantitative estimate of drug-likeness (QED) is 0.680. The largest absolute Gasteiger partial charge is 0.377 e. The molecular formula is C11H13ClN2O4S. The van der Waals surface area contributed by atoms with Crippen LogP contribution in [0.4, 0.5) is 11.4 Å². The molecular weight excluding hydrogens is 292 g/mol. The molecule has 1 saturated heterocycles. The summed E-state index contributed by atoms with van der Waals surface area (Å²) in [5.41, 5.74) is 0.0270. The van der Waals surface area contributed by atoms with Crippen LogP contribution in [0.5, 0.6) is 0 Å². The normalized spacial score (nSPS) is 21.2. The molecule has 0 saturated carbocycles. The SMILES string of the molecule is O=[N+]([O-])c1cccc(Cl)c1NCC1CCCS1(=O)=O. The second-order valence-corrected chi connectivity index (χ2v) is 7.21. The molecule has 1 aromatic rings. The first-order chi connectivity index (χ1) is 8.92. The molecule has 1 fully saturated rings. The number of sulfone groups is 1. The summed E-state index contributed by atoms with van der Waals surface area (Å²) >= 11 is 5.91. The molecule has 19 heavy (non-hydrogen) atoms. The molecule has 1 aromatic carbocycles. The zero-order chi connectivity index (χ0) is 14.0. The van der Waals surface area contributed by atoms with Gasteiger partial charge in [-0.3, -0.25) is 10.1 Å². The summed E-state index contributed by atoms with van der Waals surface area (Å²) < 4.78 is 23.4. The molecule has 0 aliphatic carbocycles. The number of para-hydroxylation sites is 1. The van der Waals surface area contributed by atoms with Gasteiger partial charge >= 0.3 is 0 Å². The minimum Gasteiger partial charge on any atom is -0.377 e. The van der Waals surface area contributed by atoms with E-state index in [2.05, 4.69) is 5.32 Å². The van der Waals surface area contributed by atoms with Gasteiger partial charge in [-0.2, -0.15) is 0 Å². The Labute approximate surface area is 115 Å². The van der Waals surface area contributed by atoms with Gasteiger partial charge in [-0.1, -0.05) is 17.7 Å². The Hall–Kier alpha value is -1.34. The van der Waals surface area contributed by atoms with Crippen molar-refractivity contribution in [2.45, 2.75) is 18.1 Å². The number of hydrogen-bond acceptors (Lipinski definition) is 5. The molecule has 8 heteroatoms. The lowest BCUT2D eigenvalue weighted by molar-refractivity contribution is -0.383. The molecule has 104 valence electrons. The Kier molecular flexibility index (Phi) is 3.96. The summed E-state index contributed by atoms with van der Waals surface area (Å²) in [6, 6.07) is 4.34. The van der Waals surface area contributed by atoms with E-state index in [4.69, 9.17) is 11.6 Å². The molecule has 1 atom stereocenters. The molecule has 1 aliphatic rings. The number of halogens is 1. The molecule has 1 N–H and O–H groups in total. The van der Waals surface area contributed by atoms with E-state index >= 15 is 0 Å². The minimum atomic E-state index is -3.08. The fourth-order valence-electron chi connectivity index (χ4n) is 2.14. The smallest absolute Gasteiger partial charge is 0.293 e. The highest BCUT2D eigenvalue weighted by atomic mass is 35.5. The Bertz CT molecular complexity index is 603. The van der Waals surface area contributed by atoms with Crippen LogP contribution in [-0.4, -0.2) is 30.9 Å². The van der Waals surface area contributed by atoms with Crippen molar-refractivity contribution < 1.29 is 13.3 Å². The molecule has 2 rings (SSSR count). The van der Waals surface area contributed by atoms with Crippen molar-refractivity contribution in [1.29, 1.82) is 0 Å². The monoisotopic (exact) mass is 304 g/mol. The topological polar surface area (TPSA) is 89.3 Å². The van der Waals surface area contributed by atoms with Crippen molar-refractivity contribution in [2.75, 3.05) is 17.6 Å². The van der Waals surface area contributed by atoms with Gasteiger partial charge in [0, 0.05) is 12.6 Å². The zero-order valence-electron chi connectivity index (χ0n) is 10.0. The summed E-state index contributed by atoms with van der Waals surface area (Å²) in [7, 11) is -3.08. The zero-order valence-corrected chi connectivity index (χ0v) is 11.6. The van der Waals surface area contributed by atoms with Crippen molar-refractivity contribution in [1.82, 2.24) is 0 Å². The highest BCUT2D eigenvalue weighted by molar-refractivity contribution is 7.92. The van der Waals surface area contributed by atoms with Gasteiger partial charge in [0.2, 0.25) is 0 Å². The van der Waals surface area contributed by atoms with Crippen molar-refractivity contribution in [3.8, 4) is 0 Å². The number of nitro benzene ring substituents is 1. The van der Waals surface area contributed by atoms with Gasteiger partial charge in [0.05, 0.1) is 20.9 Å². The third-order valence-corrected chi connectivity index (χ3v) is 5.75. The van der Waals surface area contributed by atoms with Crippen LogP contribution in [0.2, 0.25) is 5.02 Å². The highest BCUT2D eigenvalue weighted by Crippen LogP contribution is 2.32. The molecule has 1 aliphatic heterocycles. The number of hydrogen-bond donors (Lipinski definition) is 1. The third-order valence-electron chi connectivity index (χ3n) is 3.16. The van der Waals surface area contributed by atoms with Gasteiger partial charge in [-0.15, -0.1) is 0 Å². The fourth-order valence-corrected chi connectivity index (χ4v) is 4.15. The predicted molar refractivity (Wildman–Crippen MR) is 73.4 cm³/mol. The van der Waals surface area contributed by atoms with Crippen LogP contribution in [0.15, 0.2) is 18.2 Å². The lowest BCUT2D eigenvalue weighted by Crippen LogP contribution is -2.25. The second kappa shape index (κ2) is 5.34. The minimum absolute atomic E-state index is 0.146. The van der Waals surface area contributed by atoms with Gasteiger partial charge in [0.15, 0.2) is 9.84 Å². The number of anilines is 1. The Balaban J connectivity index is 2.18. The van der Waals surface area contributed by atoms with Crippen LogP contribution < -0.4 is 5.32 Å². The van der Waals surface area contributed by atoms with Crippen LogP contribution in [0, 0.1) is 10.1 Å². The summed E-state index contributed by atoms with van der Waals surface area (Å²) in [5, 5.41) is 13.4. The van der Waals surface area contributed by atoms with E-state index < -0.39 is 20.0 Å². The molecule has 1 unspecified atom stereocenters. The van der Waals surface area contributed by atoms with E-state index in [1.807, 2.05) is 0 Å². The van der Waals surface area contributed by atoms with Gasteiger partial charge in [0.1, 0.15) is 5.69 Å². The third kappa shape index (κ3) is 2.98. The van der Waals surface area contributed by atoms with Crippen LogP contribution in [0.1, 0.15) is 12.8 Å². The Morgan fingerprint density at radius 1 is 1.47 bits per heavy atom. The number of nitrogens with zero attached hydrogens (tertiary/aromatic N) is 1. The number of rotatable bonds is 4. The maximum Gasteiger partial charge on any atom is 0.293 e. The van der Waals surface area contributed by atoms with Gasteiger partial charge in [-0.05, 0) is 18.9 Å². The van der Waals surface area contributed by atoms with Crippen LogP contribution in [0.3, 0.4) is 0 Å². The van der Waals surface area contributed by atoms with Crippen LogP contribution in [0.25, 0.3) is 0 Å². The van der Waals surface area contributed by atoms with Crippen LogP contribution >= 0.6 is 11.6 Å². The van der Waals surface area contributed by atoms with E-state index in [9.17, 15) is 18.5 Å². The summed E-state index contributed by atoms with van der Waals surface area (Å²) in [4.78, 5) is 10.3. The van der Waals surface area contributed by atoms with Crippen molar-refractivity contribution in [3.63, 3.8) is 0 Å². The van der Waals surface area contributed by atoms with E-state index in [1.54, 1.807) is 0 Å². The van der Waals surface area contributed by atoms with E-state index in [0.717, 1.165) is 0 Å². The average Bonchev–Trinajstić information content (AvgIpc) is 2.66. The van der Waals surface area contributed by atoms with Gasteiger partial charge < -0.3 is 5.32 Å². The van der Waals surface area contributed by atoms with E-state index in [0.29, 0.717) is 12.8 Å². The summed E-state index contributed by atoms with van der Waals surface area (Å²) in [6.45, 7) is 0.146. The number of nitrogens with one attached hydrogen (secondary N) is 1. The molecule has 0 amide bonds. The predicted octanol–water partition coefficient (Wildman–Crippen LogP) is 2.24. The molecule has 0 spiro atoms. The summed E-state index contributed by atoms with van der Waals surface area (Å²) in [5.74, 6) is 0.184. The first-order valence-electron chi connectivity index (χ1n) is 5.80. The Morgan fingerprint density at radius 2 is 2.21 bits per heavy atom. The highest BCUT2D eigenvalue weighted by Gasteiger charge is 2.31. The van der Waals surface area contributed by atoms with Crippen molar-refractivity contribution >= 4 is 32.8 Å². The first kappa shape index (κ1) is 14.1. The summed E-state index contributed by atoms with van der Waals surface area (Å²) in [6.07, 6.45) is 1.22. The number of benzene rings is 1. The Morgan fingerprint density at radius 3 is 2.79 bits per heavy atom. The molecule has 0 radical (unpaired) electrons.